The fraction of sp³-hybridized carbons (Fsp3) is 0.375. The number of halogens is 1. The Morgan fingerprint density at radius 3 is 2.85 bits per heavy atom. The first kappa shape index (κ1) is 10.7. The topological polar surface area (TPSA) is 46.5 Å². The molecule has 0 bridgehead atoms. The van der Waals surface area contributed by atoms with E-state index in [1.807, 2.05) is 6.07 Å². The number of thiophene rings is 1. The average Bonchev–Trinajstić information content (AvgIpc) is 2.53. The van der Waals surface area contributed by atoms with Crippen LogP contribution in [-0.4, -0.2) is 24.8 Å². The molecule has 1 N–H and O–H groups in total. The maximum Gasteiger partial charge on any atom is 0.316 e. The summed E-state index contributed by atoms with van der Waals surface area (Å²) in [5.41, 5.74) is 0. The fourth-order valence-corrected chi connectivity index (χ4v) is 2.44. The number of carbonyl (C=O) groups excluding carboxylic acids is 1. The number of esters is 1. The second kappa shape index (κ2) is 4.74. The van der Waals surface area contributed by atoms with E-state index in [0.29, 0.717) is 0 Å². The van der Waals surface area contributed by atoms with Gasteiger partial charge in [-0.15, -0.1) is 11.3 Å². The van der Waals surface area contributed by atoms with E-state index < -0.39 is 11.9 Å². The third-order valence-corrected chi connectivity index (χ3v) is 3.34. The van der Waals surface area contributed by atoms with E-state index in [9.17, 15) is 4.79 Å². The summed E-state index contributed by atoms with van der Waals surface area (Å²) in [6.45, 7) is -0.223. The predicted molar refractivity (Wildman–Crippen MR) is 53.9 cm³/mol. The standard InChI is InChI=1S/C8H9BrO3S/c1-12-8(11)5(4-10)6-2-3-7(9)13-6/h2-3,5,10H,4H2,1H3. The maximum atomic E-state index is 11.2. The molecule has 0 aliphatic rings. The number of hydrogen-bond donors (Lipinski definition) is 1. The van der Waals surface area contributed by atoms with Crippen molar-refractivity contribution >= 4 is 33.2 Å². The van der Waals surface area contributed by atoms with Gasteiger partial charge in [-0.1, -0.05) is 0 Å². The normalized spacial score (nSPS) is 12.5. The second-order valence-corrected chi connectivity index (χ2v) is 4.89. The largest absolute Gasteiger partial charge is 0.468 e. The minimum absolute atomic E-state index is 0.223. The van der Waals surface area contributed by atoms with Gasteiger partial charge >= 0.3 is 5.97 Å². The van der Waals surface area contributed by atoms with E-state index in [1.54, 1.807) is 6.07 Å². The molecule has 1 atom stereocenters. The number of rotatable bonds is 3. The van der Waals surface area contributed by atoms with Crippen molar-refractivity contribution in [3.63, 3.8) is 0 Å². The van der Waals surface area contributed by atoms with Crippen molar-refractivity contribution in [3.8, 4) is 0 Å². The van der Waals surface area contributed by atoms with E-state index in [4.69, 9.17) is 5.11 Å². The molecule has 13 heavy (non-hydrogen) atoms. The zero-order chi connectivity index (χ0) is 9.84. The number of aliphatic hydroxyl groups is 1. The van der Waals surface area contributed by atoms with Gasteiger partial charge in [-0.3, -0.25) is 4.79 Å². The van der Waals surface area contributed by atoms with Gasteiger partial charge in [0.15, 0.2) is 0 Å². The summed E-state index contributed by atoms with van der Waals surface area (Å²) < 4.78 is 5.49. The quantitative estimate of drug-likeness (QED) is 0.847. The van der Waals surface area contributed by atoms with Gasteiger partial charge < -0.3 is 9.84 Å². The third kappa shape index (κ3) is 2.52. The van der Waals surface area contributed by atoms with Crippen molar-refractivity contribution in [1.82, 2.24) is 0 Å². The SMILES string of the molecule is COC(=O)C(CO)c1ccc(Br)s1. The number of hydrogen-bond acceptors (Lipinski definition) is 4. The summed E-state index contributed by atoms with van der Waals surface area (Å²) in [5, 5.41) is 8.98. The highest BCUT2D eigenvalue weighted by molar-refractivity contribution is 9.11. The molecule has 3 nitrogen and oxygen atoms in total. The Kier molecular flexibility index (Phi) is 3.90. The molecule has 1 aromatic rings. The highest BCUT2D eigenvalue weighted by Gasteiger charge is 2.21. The highest BCUT2D eigenvalue weighted by Crippen LogP contribution is 2.28. The molecule has 0 aliphatic heterocycles. The van der Waals surface area contributed by atoms with Crippen molar-refractivity contribution in [3.05, 3.63) is 20.8 Å². The minimum atomic E-state index is -0.554. The Morgan fingerprint density at radius 2 is 2.46 bits per heavy atom. The van der Waals surface area contributed by atoms with Gasteiger partial charge in [0, 0.05) is 4.88 Å². The highest BCUT2D eigenvalue weighted by atomic mass is 79.9. The van der Waals surface area contributed by atoms with Crippen LogP contribution < -0.4 is 0 Å². The van der Waals surface area contributed by atoms with Crippen LogP contribution in [0.5, 0.6) is 0 Å². The van der Waals surface area contributed by atoms with Gasteiger partial charge in [-0.25, -0.2) is 0 Å². The lowest BCUT2D eigenvalue weighted by atomic mass is 10.1. The Balaban J connectivity index is 2.84. The molecule has 0 aromatic carbocycles. The van der Waals surface area contributed by atoms with Crippen LogP contribution in [-0.2, 0) is 9.53 Å². The fourth-order valence-electron chi connectivity index (χ4n) is 0.938. The maximum absolute atomic E-state index is 11.2. The van der Waals surface area contributed by atoms with Crippen molar-refractivity contribution in [2.45, 2.75) is 5.92 Å². The van der Waals surface area contributed by atoms with Crippen LogP contribution in [0.1, 0.15) is 10.8 Å². The van der Waals surface area contributed by atoms with Crippen molar-refractivity contribution in [2.75, 3.05) is 13.7 Å². The van der Waals surface area contributed by atoms with Gasteiger partial charge in [0.1, 0.15) is 5.92 Å². The molecule has 0 saturated carbocycles. The van der Waals surface area contributed by atoms with Gasteiger partial charge in [0.05, 0.1) is 17.5 Å². The van der Waals surface area contributed by atoms with Gasteiger partial charge in [-0.2, -0.15) is 0 Å². The average molecular weight is 265 g/mol. The van der Waals surface area contributed by atoms with Crippen molar-refractivity contribution in [1.29, 1.82) is 0 Å². The Bertz CT molecular complexity index is 297. The molecule has 0 fully saturated rings. The number of carbonyl (C=O) groups is 1. The second-order valence-electron chi connectivity index (χ2n) is 2.40. The molecule has 0 aliphatic carbocycles. The molecule has 1 unspecified atom stereocenters. The molecule has 72 valence electrons. The molecule has 0 saturated heterocycles. The van der Waals surface area contributed by atoms with Crippen molar-refractivity contribution in [2.24, 2.45) is 0 Å². The van der Waals surface area contributed by atoms with Gasteiger partial charge in [0.25, 0.3) is 0 Å². The smallest absolute Gasteiger partial charge is 0.316 e. The van der Waals surface area contributed by atoms with E-state index >= 15 is 0 Å². The zero-order valence-electron chi connectivity index (χ0n) is 6.99. The van der Waals surface area contributed by atoms with E-state index in [2.05, 4.69) is 20.7 Å². The lowest BCUT2D eigenvalue weighted by Crippen LogP contribution is -2.16. The van der Waals surface area contributed by atoms with Crippen LogP contribution >= 0.6 is 27.3 Å². The van der Waals surface area contributed by atoms with Crippen LogP contribution in [0, 0.1) is 0 Å². The predicted octanol–water partition coefficient (Wildman–Crippen LogP) is 1.76. The molecule has 5 heteroatoms. The monoisotopic (exact) mass is 264 g/mol. The Labute approximate surface area is 88.5 Å². The summed E-state index contributed by atoms with van der Waals surface area (Å²) in [6.07, 6.45) is 0. The van der Waals surface area contributed by atoms with Crippen LogP contribution in [0.3, 0.4) is 0 Å². The molecule has 0 spiro atoms. The van der Waals surface area contributed by atoms with Gasteiger partial charge in [0.2, 0.25) is 0 Å². The summed E-state index contributed by atoms with van der Waals surface area (Å²) >= 11 is 4.71. The van der Waals surface area contributed by atoms with E-state index in [0.717, 1.165) is 8.66 Å². The van der Waals surface area contributed by atoms with E-state index in [1.165, 1.54) is 18.4 Å². The number of aliphatic hydroxyl groups excluding tert-OH is 1. The summed E-state index contributed by atoms with van der Waals surface area (Å²) in [7, 11) is 1.31. The molecule has 0 radical (unpaired) electrons. The van der Waals surface area contributed by atoms with Crippen LogP contribution in [0.4, 0.5) is 0 Å². The van der Waals surface area contributed by atoms with Crippen LogP contribution in [0.2, 0.25) is 0 Å². The summed E-state index contributed by atoms with van der Waals surface area (Å²) in [6, 6.07) is 3.64. The lowest BCUT2D eigenvalue weighted by Gasteiger charge is -2.08. The molecular formula is C8H9BrO3S. The first-order valence-corrected chi connectivity index (χ1v) is 5.24. The van der Waals surface area contributed by atoms with Gasteiger partial charge in [-0.05, 0) is 28.1 Å². The van der Waals surface area contributed by atoms with E-state index in [-0.39, 0.29) is 6.61 Å². The molecule has 1 heterocycles. The van der Waals surface area contributed by atoms with Crippen LogP contribution in [0.25, 0.3) is 0 Å². The Hall–Kier alpha value is -0.390. The zero-order valence-corrected chi connectivity index (χ0v) is 9.39. The minimum Gasteiger partial charge on any atom is -0.468 e. The first-order chi connectivity index (χ1) is 6.19. The summed E-state index contributed by atoms with van der Waals surface area (Å²) in [4.78, 5) is 12.0. The number of methoxy groups -OCH3 is 1. The molecular weight excluding hydrogens is 256 g/mol. The molecule has 1 aromatic heterocycles. The van der Waals surface area contributed by atoms with Crippen LogP contribution in [0.15, 0.2) is 15.9 Å². The third-order valence-electron chi connectivity index (χ3n) is 1.61. The summed E-state index contributed by atoms with van der Waals surface area (Å²) in [5.74, 6) is -0.960. The molecule has 0 amide bonds. The lowest BCUT2D eigenvalue weighted by molar-refractivity contribution is -0.143. The Morgan fingerprint density at radius 1 is 1.77 bits per heavy atom. The molecule has 1 rings (SSSR count). The first-order valence-electron chi connectivity index (χ1n) is 3.63. The number of ether oxygens (including phenoxy) is 1. The van der Waals surface area contributed by atoms with Crippen molar-refractivity contribution < 1.29 is 14.6 Å².